The molecule has 3 aromatic carbocycles. The predicted molar refractivity (Wildman–Crippen MR) is 535 cm³/mol. The highest BCUT2D eigenvalue weighted by atomic mass is 35.5. The zero-order valence-electron chi connectivity index (χ0n) is 85.7. The largest absolute Gasteiger partial charge is 0.479 e. The number of aliphatic hydroxyl groups is 2. The number of aliphatic hydroxyl groups excluding tert-OH is 2. The van der Waals surface area contributed by atoms with Crippen LogP contribution in [-0.4, -0.2) is 267 Å². The second-order valence-corrected chi connectivity index (χ2v) is 35.8. The summed E-state index contributed by atoms with van der Waals surface area (Å²) in [6.07, 6.45) is 0. The van der Waals surface area contributed by atoms with Crippen LogP contribution in [0.1, 0.15) is 148 Å². The lowest BCUT2D eigenvalue weighted by Gasteiger charge is -2.19. The topological polar surface area (TPSA) is 610 Å². The number of rotatable bonds is 40. The predicted octanol–water partition coefficient (Wildman–Crippen LogP) is 15.8. The Bertz CT molecular complexity index is 5890. The number of carboxylic acids is 1. The highest BCUT2D eigenvalue weighted by Gasteiger charge is 2.31. The third-order valence-corrected chi connectivity index (χ3v) is 19.4. The van der Waals surface area contributed by atoms with Crippen molar-refractivity contribution in [2.75, 3.05) is 154 Å². The van der Waals surface area contributed by atoms with Gasteiger partial charge in [0.25, 0.3) is 27.4 Å². The maximum Gasteiger partial charge on any atom is 0.392 e. The van der Waals surface area contributed by atoms with Crippen molar-refractivity contribution in [3.63, 3.8) is 0 Å². The van der Waals surface area contributed by atoms with Gasteiger partial charge in [-0.2, -0.15) is 64.8 Å². The maximum absolute atomic E-state index is 12.9. The fourth-order valence-corrected chi connectivity index (χ4v) is 12.6. The molecule has 0 fully saturated rings. The Morgan fingerprint density at radius 1 is 0.366 bits per heavy atom. The van der Waals surface area contributed by atoms with E-state index in [0.29, 0.717) is 65.9 Å². The number of hydrogen-bond donors (Lipinski definition) is 6. The van der Waals surface area contributed by atoms with E-state index in [2.05, 4.69) is 84.9 Å². The number of ether oxygens (including phenoxy) is 21. The normalized spacial score (nSPS) is 10.8. The van der Waals surface area contributed by atoms with Crippen molar-refractivity contribution in [2.24, 2.45) is 0 Å². The molecule has 11 rings (SSSR count). The number of nitrogens with one attached hydrogen (secondary N) is 2. The van der Waals surface area contributed by atoms with E-state index in [4.69, 9.17) is 123 Å². The molecule has 49 nitrogen and oxygen atoms in total. The molecule has 11 aromatic rings. The molecule has 0 aliphatic heterocycles. The number of nitro groups is 2. The van der Waals surface area contributed by atoms with Crippen LogP contribution in [0.25, 0.3) is 0 Å². The van der Waals surface area contributed by atoms with Crippen LogP contribution in [0.5, 0.6) is 116 Å². The average Bonchev–Trinajstić information content (AvgIpc) is 1.38. The fraction of sp³-hybridized carbons (Fsp3) is 0.457. The van der Waals surface area contributed by atoms with Gasteiger partial charge in [0.2, 0.25) is 40.6 Å². The molecule has 8 aromatic heterocycles. The summed E-state index contributed by atoms with van der Waals surface area (Å²) >= 11 is 9.06. The van der Waals surface area contributed by atoms with Gasteiger partial charge in [0.05, 0.1) is 143 Å². The van der Waals surface area contributed by atoms with Crippen molar-refractivity contribution in [2.45, 2.75) is 147 Å². The van der Waals surface area contributed by atoms with Gasteiger partial charge in [0, 0.05) is 16.1 Å². The second-order valence-electron chi connectivity index (χ2n) is 33.0. The van der Waals surface area contributed by atoms with Crippen LogP contribution in [0.15, 0.2) is 70.7 Å². The summed E-state index contributed by atoms with van der Waals surface area (Å²) in [7, 11) is 13.5. The number of anilines is 3. The standard InChI is InChI=1S/C24H30N4O6S.C20H22N4O6S.C12H19N3O6.C12H21N3O4.C12H11NO3S.C6H6ClN3O4.C6H14O2/c1-14-8-9-15(2)17(12-14)34-23-25-16(13-35-23)19(29)26-18-20(30-6)27-22(28-21(18)31-7)32-10-11-33-24(3,4)5;1-11-5-6-12(2)14(9-11)30-20-21-13(10-31-20)16(26)22-15-17(27-3)23-19(29-8-7-25)24-18(15)28-4;1-12(2,3)21-7-6-20-11-13-9(18-4)8(15(16)17)10(14-11)19-5;1-12(2,3)19-7-6-18-11-14-9(16-4)8(13)10(15-11)17-5;1-7-3-4-8(2)10(5-7)16-12-13-9(6-17-12)11(14)15;1-13-4-3(10(11)12)5(14-2)9-6(7)8-4;1-6(2,3)8-5-4-7/h8-9,12-13H,10-11H2,1-7H3,(H,26,29);5-6,9-10,25H,7-8H2,1-4H3,(H,22,26);6-7H2,1-5H3;6-7,13H2,1-5H3;3-6H,1-2H3,(H,14,15);1-2H3;7H,4-5H2,1-3H3. The van der Waals surface area contributed by atoms with E-state index < -0.39 is 39.0 Å². The third-order valence-electron chi connectivity index (χ3n) is 17.1. The second kappa shape index (κ2) is 59.0. The van der Waals surface area contributed by atoms with E-state index >= 15 is 0 Å². The third kappa shape index (κ3) is 41.8. The number of thiazole rings is 3. The van der Waals surface area contributed by atoms with Gasteiger partial charge in [-0.05, 0) is 188 Å². The number of aryl methyl sites for hydroxylation is 6. The van der Waals surface area contributed by atoms with Crippen LogP contribution in [0.4, 0.5) is 28.4 Å². The molecule has 0 unspecified atom stereocenters. The van der Waals surface area contributed by atoms with Crippen LogP contribution in [0.2, 0.25) is 5.28 Å². The van der Waals surface area contributed by atoms with Gasteiger partial charge in [0.15, 0.2) is 22.8 Å². The van der Waals surface area contributed by atoms with Crippen molar-refractivity contribution in [1.29, 1.82) is 0 Å². The van der Waals surface area contributed by atoms with Crippen LogP contribution in [-0.2, 0) is 18.9 Å². The van der Waals surface area contributed by atoms with Crippen molar-refractivity contribution in [3.05, 3.63) is 147 Å². The first-order valence-corrected chi connectivity index (χ1v) is 46.4. The molecule has 7 N–H and O–H groups in total. The zero-order chi connectivity index (χ0) is 108. The fourth-order valence-electron chi connectivity index (χ4n) is 10.5. The van der Waals surface area contributed by atoms with Crippen LogP contribution >= 0.6 is 45.6 Å². The molecular weight excluding hydrogens is 1980 g/mol. The Morgan fingerprint density at radius 3 is 0.862 bits per heavy atom. The molecule has 0 atom stereocenters. The Hall–Kier alpha value is -14.4. The number of carbonyl (C=O) groups excluding carboxylic acids is 2. The number of benzene rings is 3. The maximum atomic E-state index is 12.9. The number of methoxy groups -OCH3 is 10. The molecule has 2 amide bonds. The van der Waals surface area contributed by atoms with Gasteiger partial charge in [0.1, 0.15) is 55.1 Å². The first-order valence-electron chi connectivity index (χ1n) is 43.4. The minimum atomic E-state index is -1.04. The molecule has 8 heterocycles. The van der Waals surface area contributed by atoms with Crippen molar-refractivity contribution >= 4 is 91.8 Å². The van der Waals surface area contributed by atoms with Gasteiger partial charge >= 0.3 is 64.9 Å². The van der Waals surface area contributed by atoms with E-state index in [9.17, 15) is 34.6 Å². The van der Waals surface area contributed by atoms with E-state index in [1.165, 1.54) is 110 Å². The van der Waals surface area contributed by atoms with Crippen molar-refractivity contribution in [3.8, 4) is 116 Å². The van der Waals surface area contributed by atoms with E-state index in [-0.39, 0.29) is 178 Å². The molecule has 0 saturated heterocycles. The average molecular weight is 2110 g/mol. The number of carbonyl (C=O) groups is 3. The smallest absolute Gasteiger partial charge is 0.392 e. The molecule has 0 radical (unpaired) electrons. The number of nitrogens with zero attached hydrogens (tertiary/aromatic N) is 15. The minimum Gasteiger partial charge on any atom is -0.479 e. The molecule has 0 aliphatic carbocycles. The molecule has 145 heavy (non-hydrogen) atoms. The number of hydrogen-bond acceptors (Lipinski definition) is 47. The highest BCUT2D eigenvalue weighted by molar-refractivity contribution is 7.12. The lowest BCUT2D eigenvalue weighted by molar-refractivity contribution is -0.387. The highest BCUT2D eigenvalue weighted by Crippen LogP contribution is 2.41. The molecule has 0 bridgehead atoms. The quantitative estimate of drug-likeness (QED) is 0.00899. The first kappa shape index (κ1) is 121. The van der Waals surface area contributed by atoms with Gasteiger partial charge < -0.3 is 131 Å². The molecule has 0 saturated carbocycles. The van der Waals surface area contributed by atoms with Crippen molar-refractivity contribution < 1.29 is 139 Å². The number of aromatic carboxylic acids is 1. The first-order chi connectivity index (χ1) is 68.4. The number of nitrogen functional groups attached to an aromatic ring is 1. The minimum absolute atomic E-state index is 0.0000280. The summed E-state index contributed by atoms with van der Waals surface area (Å²) in [5.41, 5.74) is 10.9. The number of carboxylic acid groups (broad SMARTS) is 1. The number of amides is 2. The monoisotopic (exact) mass is 2110 g/mol. The van der Waals surface area contributed by atoms with Gasteiger partial charge in [-0.25, -0.2) is 4.79 Å². The molecular formula is C92H123ClN18O31S3. The Kier molecular flexibility index (Phi) is 49.3. The van der Waals surface area contributed by atoms with E-state index in [1.54, 1.807) is 10.8 Å². The zero-order valence-corrected chi connectivity index (χ0v) is 88.9. The van der Waals surface area contributed by atoms with E-state index in [1.807, 2.05) is 179 Å². The lowest BCUT2D eigenvalue weighted by Crippen LogP contribution is -2.23. The molecule has 0 aliphatic rings. The van der Waals surface area contributed by atoms with E-state index in [0.717, 1.165) is 33.4 Å². The summed E-state index contributed by atoms with van der Waals surface area (Å²) in [6.45, 7) is 37.3. The number of halogens is 1. The Labute approximate surface area is 854 Å². The molecule has 0 spiro atoms. The van der Waals surface area contributed by atoms with Crippen molar-refractivity contribution in [1.82, 2.24) is 64.8 Å². The van der Waals surface area contributed by atoms with Gasteiger partial charge in [-0.1, -0.05) is 70.4 Å². The van der Waals surface area contributed by atoms with Gasteiger partial charge in [-0.3, -0.25) is 29.8 Å². The summed E-state index contributed by atoms with van der Waals surface area (Å²) in [4.78, 5) is 108. The SMILES string of the molecule is CC(C)(C)OCCO.COc1nc(Cl)nc(OC)c1[N+](=O)[O-].COc1nc(OCCO)nc(OC)c1NC(=O)c1csc(Oc2cc(C)ccc2C)n1.COc1nc(OCCOC(C)(C)C)nc(OC)c1N.COc1nc(OCCOC(C)(C)C)nc(OC)c1NC(=O)c1csc(Oc2cc(C)ccc2C)n1.COc1nc(OCCOC(C)(C)C)nc(OC)c1[N+](=O)[O-].Cc1ccc(C)c(Oc2nc(C(=O)O)cs2)c1. The van der Waals surface area contributed by atoms with Crippen LogP contribution in [0.3, 0.4) is 0 Å². The molecule has 53 heteroatoms. The summed E-state index contributed by atoms with van der Waals surface area (Å²) in [5, 5.41) is 58.3. The Morgan fingerprint density at radius 2 is 0.614 bits per heavy atom. The number of aromatic nitrogens is 13. The summed E-state index contributed by atoms with van der Waals surface area (Å²) in [6, 6.07) is 17.6. The van der Waals surface area contributed by atoms with Crippen LogP contribution in [0, 0.1) is 61.8 Å². The van der Waals surface area contributed by atoms with Crippen LogP contribution < -0.4 is 96.9 Å². The number of nitrogens with two attached hydrogens (primary N) is 1. The molecule has 792 valence electrons. The lowest BCUT2D eigenvalue weighted by atomic mass is 10.1. The summed E-state index contributed by atoms with van der Waals surface area (Å²) < 4.78 is 111. The van der Waals surface area contributed by atoms with Gasteiger partial charge in [-0.15, -0.1) is 0 Å². The summed E-state index contributed by atoms with van der Waals surface area (Å²) in [5.74, 6) is -0.214. The Balaban J connectivity index is 0.000000309.